The fourth-order valence-electron chi connectivity index (χ4n) is 4.20. The van der Waals surface area contributed by atoms with Crippen LogP contribution >= 0.6 is 0 Å². The molecule has 0 aliphatic heterocycles. The maximum atomic E-state index is 12.2. The Bertz CT molecular complexity index is 1040. The molecule has 31 heavy (non-hydrogen) atoms. The molecule has 0 radical (unpaired) electrons. The van der Waals surface area contributed by atoms with Gasteiger partial charge >= 0.3 is 5.97 Å². The van der Waals surface area contributed by atoms with E-state index in [0.717, 1.165) is 48.6 Å². The van der Waals surface area contributed by atoms with Crippen molar-refractivity contribution in [2.45, 2.75) is 44.6 Å². The van der Waals surface area contributed by atoms with Gasteiger partial charge in [-0.25, -0.2) is 4.79 Å². The van der Waals surface area contributed by atoms with E-state index >= 15 is 0 Å². The van der Waals surface area contributed by atoms with E-state index in [9.17, 15) is 4.79 Å². The second kappa shape index (κ2) is 9.16. The minimum Gasteiger partial charge on any atom is -0.495 e. The monoisotopic (exact) mass is 421 g/mol. The van der Waals surface area contributed by atoms with Gasteiger partial charge in [0.2, 0.25) is 0 Å². The number of methoxy groups -OCH3 is 1. The number of carbonyl (C=O) groups excluding carboxylic acids is 1. The van der Waals surface area contributed by atoms with Crippen LogP contribution in [0.15, 0.2) is 48.5 Å². The fraction of sp³-hybridized carbons (Fsp3) is 0.391. The summed E-state index contributed by atoms with van der Waals surface area (Å²) in [6.07, 6.45) is 5.09. The molecule has 3 aromatic rings. The van der Waals surface area contributed by atoms with Crippen molar-refractivity contribution in [1.29, 1.82) is 0 Å². The molecule has 4 rings (SSSR count). The lowest BCUT2D eigenvalue weighted by Crippen LogP contribution is -2.40. The number of ether oxygens (including phenoxy) is 2. The summed E-state index contributed by atoms with van der Waals surface area (Å²) in [7, 11) is 1.67. The first-order chi connectivity index (χ1) is 15.2. The fourth-order valence-corrected chi connectivity index (χ4v) is 4.20. The van der Waals surface area contributed by atoms with Crippen LogP contribution in [-0.4, -0.2) is 39.9 Å². The predicted octanol–water partition coefficient (Wildman–Crippen LogP) is 4.12. The van der Waals surface area contributed by atoms with E-state index in [0.29, 0.717) is 12.2 Å². The number of anilines is 1. The molecule has 2 aromatic carbocycles. The van der Waals surface area contributed by atoms with E-state index in [2.05, 4.69) is 20.8 Å². The third kappa shape index (κ3) is 4.23. The highest BCUT2D eigenvalue weighted by atomic mass is 16.5. The summed E-state index contributed by atoms with van der Waals surface area (Å²) in [6, 6.07) is 15.1. The van der Waals surface area contributed by atoms with Gasteiger partial charge in [0.1, 0.15) is 5.75 Å². The van der Waals surface area contributed by atoms with E-state index in [1.54, 1.807) is 30.8 Å². The second-order valence-corrected chi connectivity index (χ2v) is 7.65. The maximum Gasteiger partial charge on any atom is 0.338 e. The van der Waals surface area contributed by atoms with Gasteiger partial charge in [-0.2, -0.15) is 4.68 Å². The zero-order chi connectivity index (χ0) is 21.7. The number of hydrogen-bond acceptors (Lipinski definition) is 7. The number of tetrazole rings is 1. The number of esters is 1. The number of hydrogen-bond donors (Lipinski definition) is 1. The summed E-state index contributed by atoms with van der Waals surface area (Å²) >= 11 is 0. The Morgan fingerprint density at radius 3 is 2.71 bits per heavy atom. The van der Waals surface area contributed by atoms with Gasteiger partial charge in [-0.1, -0.05) is 37.5 Å². The summed E-state index contributed by atoms with van der Waals surface area (Å²) in [5.74, 6) is 1.13. The van der Waals surface area contributed by atoms with Gasteiger partial charge in [-0.05, 0) is 60.5 Å². The number of nitrogens with one attached hydrogen (secondary N) is 1. The van der Waals surface area contributed by atoms with Crippen molar-refractivity contribution in [3.63, 3.8) is 0 Å². The van der Waals surface area contributed by atoms with Gasteiger partial charge in [0.15, 0.2) is 5.82 Å². The topological polar surface area (TPSA) is 91.2 Å². The van der Waals surface area contributed by atoms with Crippen LogP contribution in [0.2, 0.25) is 0 Å². The third-order valence-corrected chi connectivity index (χ3v) is 5.69. The molecule has 1 aliphatic carbocycles. The first-order valence-corrected chi connectivity index (χ1v) is 10.6. The van der Waals surface area contributed by atoms with E-state index in [4.69, 9.17) is 9.47 Å². The molecular formula is C23H27N5O3. The lowest BCUT2D eigenvalue weighted by Gasteiger charge is -2.38. The SMILES string of the molecule is CCOC(=O)c1cccc(-n2nnnc2C2(Nc3ccccc3OC)CCCCC2)c1. The zero-order valence-corrected chi connectivity index (χ0v) is 17.9. The van der Waals surface area contributed by atoms with Crippen LogP contribution in [0.1, 0.15) is 55.2 Å². The normalized spacial score (nSPS) is 15.3. The summed E-state index contributed by atoms with van der Waals surface area (Å²) in [6.45, 7) is 2.11. The highest BCUT2D eigenvalue weighted by Gasteiger charge is 2.40. The number of aromatic nitrogens is 4. The molecular weight excluding hydrogens is 394 g/mol. The quantitative estimate of drug-likeness (QED) is 0.574. The highest BCUT2D eigenvalue weighted by molar-refractivity contribution is 5.90. The molecule has 0 amide bonds. The van der Waals surface area contributed by atoms with Crippen LogP contribution in [0, 0.1) is 0 Å². The Balaban J connectivity index is 1.75. The van der Waals surface area contributed by atoms with Gasteiger partial charge in [-0.3, -0.25) is 0 Å². The Morgan fingerprint density at radius 2 is 1.94 bits per heavy atom. The third-order valence-electron chi connectivity index (χ3n) is 5.69. The molecule has 0 spiro atoms. The molecule has 1 N–H and O–H groups in total. The van der Waals surface area contributed by atoms with Crippen LogP contribution in [-0.2, 0) is 10.3 Å². The molecule has 8 heteroatoms. The Morgan fingerprint density at radius 1 is 1.13 bits per heavy atom. The molecule has 8 nitrogen and oxygen atoms in total. The van der Waals surface area contributed by atoms with Crippen molar-refractivity contribution in [3.8, 4) is 11.4 Å². The largest absolute Gasteiger partial charge is 0.495 e. The minimum atomic E-state index is -0.448. The second-order valence-electron chi connectivity index (χ2n) is 7.65. The lowest BCUT2D eigenvalue weighted by atomic mass is 9.80. The molecule has 1 saturated carbocycles. The Hall–Kier alpha value is -3.42. The molecule has 1 heterocycles. The number of nitrogens with zero attached hydrogens (tertiary/aromatic N) is 4. The molecule has 0 saturated heterocycles. The average molecular weight is 422 g/mol. The number of para-hydroxylation sites is 2. The van der Waals surface area contributed by atoms with Crippen molar-refractivity contribution in [3.05, 3.63) is 59.9 Å². The van der Waals surface area contributed by atoms with Crippen LogP contribution in [0.3, 0.4) is 0 Å². The van der Waals surface area contributed by atoms with E-state index < -0.39 is 5.54 Å². The van der Waals surface area contributed by atoms with Crippen LogP contribution in [0.4, 0.5) is 5.69 Å². The minimum absolute atomic E-state index is 0.325. The highest BCUT2D eigenvalue weighted by Crippen LogP contribution is 2.41. The molecule has 1 aromatic heterocycles. The van der Waals surface area contributed by atoms with E-state index in [1.165, 1.54) is 6.42 Å². The molecule has 1 aliphatic rings. The van der Waals surface area contributed by atoms with E-state index in [-0.39, 0.29) is 5.97 Å². The van der Waals surface area contributed by atoms with Crippen LogP contribution in [0.25, 0.3) is 5.69 Å². The number of benzene rings is 2. The Labute approximate surface area is 181 Å². The van der Waals surface area contributed by atoms with Crippen molar-refractivity contribution in [2.24, 2.45) is 0 Å². The summed E-state index contributed by atoms with van der Waals surface area (Å²) in [5.41, 5.74) is 1.64. The van der Waals surface area contributed by atoms with Crippen LogP contribution < -0.4 is 10.1 Å². The van der Waals surface area contributed by atoms with Gasteiger partial charge in [0.05, 0.1) is 36.2 Å². The standard InChI is InChI=1S/C23H27N5O3/c1-3-31-21(29)17-10-9-11-18(16-17)28-22(25-26-27-28)23(14-7-4-8-15-23)24-19-12-5-6-13-20(19)30-2/h5-6,9-13,16,24H,3-4,7-8,14-15H2,1-2H3. The molecule has 0 atom stereocenters. The number of carbonyl (C=O) groups is 1. The summed E-state index contributed by atoms with van der Waals surface area (Å²) in [4.78, 5) is 12.2. The average Bonchev–Trinajstić information content (AvgIpc) is 3.31. The lowest BCUT2D eigenvalue weighted by molar-refractivity contribution is 0.0526. The van der Waals surface area contributed by atoms with Crippen molar-refractivity contribution >= 4 is 11.7 Å². The number of rotatable bonds is 7. The first-order valence-electron chi connectivity index (χ1n) is 10.6. The molecule has 0 unspecified atom stereocenters. The van der Waals surface area contributed by atoms with Crippen molar-refractivity contribution < 1.29 is 14.3 Å². The van der Waals surface area contributed by atoms with Crippen molar-refractivity contribution in [1.82, 2.24) is 20.2 Å². The molecule has 1 fully saturated rings. The van der Waals surface area contributed by atoms with Gasteiger partial charge in [-0.15, -0.1) is 5.10 Å². The maximum absolute atomic E-state index is 12.2. The van der Waals surface area contributed by atoms with Gasteiger partial charge in [0, 0.05) is 0 Å². The molecule has 162 valence electrons. The molecule has 0 bridgehead atoms. The summed E-state index contributed by atoms with van der Waals surface area (Å²) < 4.78 is 12.4. The summed E-state index contributed by atoms with van der Waals surface area (Å²) in [5, 5.41) is 16.4. The Kier molecular flexibility index (Phi) is 6.16. The predicted molar refractivity (Wildman–Crippen MR) is 116 cm³/mol. The van der Waals surface area contributed by atoms with E-state index in [1.807, 2.05) is 36.4 Å². The first kappa shape index (κ1) is 20.8. The smallest absolute Gasteiger partial charge is 0.338 e. The zero-order valence-electron chi connectivity index (χ0n) is 17.9. The van der Waals surface area contributed by atoms with Gasteiger partial charge in [0.25, 0.3) is 0 Å². The van der Waals surface area contributed by atoms with Gasteiger partial charge < -0.3 is 14.8 Å². The van der Waals surface area contributed by atoms with Crippen molar-refractivity contribution in [2.75, 3.05) is 19.0 Å². The van der Waals surface area contributed by atoms with Crippen LogP contribution in [0.5, 0.6) is 5.75 Å².